The number of aromatic nitrogens is 1. The van der Waals surface area contributed by atoms with Crippen LogP contribution in [0.5, 0.6) is 5.88 Å². The normalized spacial score (nSPS) is 21.0. The second-order valence-corrected chi connectivity index (χ2v) is 7.21. The highest BCUT2D eigenvalue weighted by Gasteiger charge is 2.32. The summed E-state index contributed by atoms with van der Waals surface area (Å²) in [5.41, 5.74) is 0.343. The number of amides is 1. The van der Waals surface area contributed by atoms with E-state index in [0.29, 0.717) is 36.9 Å². The summed E-state index contributed by atoms with van der Waals surface area (Å²) in [4.78, 5) is 29.6. The number of hydrogen-bond acceptors (Lipinski definition) is 4. The van der Waals surface area contributed by atoms with E-state index in [4.69, 9.17) is 16.3 Å². The van der Waals surface area contributed by atoms with E-state index >= 15 is 0 Å². The zero-order valence-electron chi connectivity index (χ0n) is 14.2. The van der Waals surface area contributed by atoms with Crippen molar-refractivity contribution in [3.63, 3.8) is 0 Å². The molecule has 1 amide bonds. The van der Waals surface area contributed by atoms with Crippen molar-refractivity contribution in [2.75, 3.05) is 19.7 Å². The molecule has 2 rings (SSSR count). The van der Waals surface area contributed by atoms with Crippen LogP contribution in [0.1, 0.15) is 37.6 Å². The lowest BCUT2D eigenvalue weighted by Gasteiger charge is -2.34. The Bertz CT molecular complexity index is 621. The van der Waals surface area contributed by atoms with Crippen molar-refractivity contribution in [1.29, 1.82) is 0 Å². The number of hydrogen-bond donors (Lipinski definition) is 1. The Hall–Kier alpha value is -1.82. The molecule has 1 aliphatic heterocycles. The van der Waals surface area contributed by atoms with Crippen LogP contribution >= 0.6 is 11.6 Å². The Morgan fingerprint density at radius 3 is 2.75 bits per heavy atom. The first-order valence-corrected chi connectivity index (χ1v) is 8.46. The number of halogens is 1. The molecular weight excluding hydrogens is 332 g/mol. The third-order valence-corrected chi connectivity index (χ3v) is 4.17. The van der Waals surface area contributed by atoms with Gasteiger partial charge in [-0.1, -0.05) is 32.4 Å². The third kappa shape index (κ3) is 4.60. The molecule has 2 heterocycles. The molecule has 0 bridgehead atoms. The summed E-state index contributed by atoms with van der Waals surface area (Å²) in [7, 11) is 0. The van der Waals surface area contributed by atoms with Gasteiger partial charge in [-0.25, -0.2) is 4.98 Å². The molecule has 1 N–H and O–H groups in total. The summed E-state index contributed by atoms with van der Waals surface area (Å²) >= 11 is 6.15. The molecule has 2 unspecified atom stereocenters. The number of aliphatic carboxylic acids is 1. The van der Waals surface area contributed by atoms with Gasteiger partial charge in [-0.2, -0.15) is 0 Å². The summed E-state index contributed by atoms with van der Waals surface area (Å²) < 4.78 is 5.50. The smallest absolute Gasteiger partial charge is 0.308 e. The van der Waals surface area contributed by atoms with Crippen LogP contribution in [-0.2, 0) is 4.79 Å². The number of rotatable bonds is 5. The van der Waals surface area contributed by atoms with Crippen LogP contribution in [0.15, 0.2) is 12.3 Å². The van der Waals surface area contributed by atoms with E-state index in [1.165, 1.54) is 12.3 Å². The number of carboxylic acids is 1. The van der Waals surface area contributed by atoms with Crippen molar-refractivity contribution in [3.05, 3.63) is 22.8 Å². The largest absolute Gasteiger partial charge is 0.481 e. The summed E-state index contributed by atoms with van der Waals surface area (Å²) in [5.74, 6) is -0.870. The zero-order chi connectivity index (χ0) is 17.9. The van der Waals surface area contributed by atoms with Gasteiger partial charge in [0, 0.05) is 19.3 Å². The number of carboxylic acid groups (broad SMARTS) is 1. The van der Waals surface area contributed by atoms with Crippen LogP contribution in [-0.4, -0.2) is 46.6 Å². The Labute approximate surface area is 146 Å². The lowest BCUT2D eigenvalue weighted by molar-refractivity contribution is -0.143. The number of nitrogens with zero attached hydrogens (tertiary/aromatic N) is 2. The quantitative estimate of drug-likeness (QED) is 0.879. The van der Waals surface area contributed by atoms with Crippen LogP contribution in [0.4, 0.5) is 0 Å². The number of carbonyl (C=O) groups is 2. The van der Waals surface area contributed by atoms with Gasteiger partial charge in [-0.3, -0.25) is 9.59 Å². The topological polar surface area (TPSA) is 79.7 Å². The first kappa shape index (κ1) is 18.5. The molecule has 0 aliphatic carbocycles. The van der Waals surface area contributed by atoms with Crippen LogP contribution in [0, 0.1) is 17.8 Å². The van der Waals surface area contributed by atoms with Crippen molar-refractivity contribution in [3.8, 4) is 5.88 Å². The Morgan fingerprint density at radius 1 is 1.46 bits per heavy atom. The molecule has 1 fully saturated rings. The van der Waals surface area contributed by atoms with Gasteiger partial charge in [0.1, 0.15) is 5.02 Å². The molecule has 0 saturated carbocycles. The molecule has 1 saturated heterocycles. The number of likely N-dealkylation sites (tertiary alicyclic amines) is 1. The fourth-order valence-electron chi connectivity index (χ4n) is 2.77. The van der Waals surface area contributed by atoms with Gasteiger partial charge in [0.05, 0.1) is 18.1 Å². The van der Waals surface area contributed by atoms with Gasteiger partial charge in [0.2, 0.25) is 5.88 Å². The zero-order valence-corrected chi connectivity index (χ0v) is 14.9. The minimum atomic E-state index is -0.868. The van der Waals surface area contributed by atoms with Crippen LogP contribution < -0.4 is 4.74 Å². The number of piperidine rings is 1. The maximum absolute atomic E-state index is 12.6. The molecule has 1 aliphatic rings. The van der Waals surface area contributed by atoms with E-state index in [0.717, 1.165) is 0 Å². The molecule has 0 aromatic carbocycles. The molecule has 1 aromatic rings. The Balaban J connectivity index is 2.11. The van der Waals surface area contributed by atoms with Crippen molar-refractivity contribution >= 4 is 23.5 Å². The Morgan fingerprint density at radius 2 is 2.17 bits per heavy atom. The molecule has 7 heteroatoms. The van der Waals surface area contributed by atoms with Gasteiger partial charge in [-0.05, 0) is 24.3 Å². The standard InChI is InChI=1S/C17H23ClN2O4/c1-10(2)9-24-15-14(18)5-12(6-19-15)16(21)20-7-11(3)4-13(8-20)17(22)23/h5-6,10-11,13H,4,7-9H2,1-3H3,(H,22,23). The first-order valence-electron chi connectivity index (χ1n) is 8.08. The van der Waals surface area contributed by atoms with Crippen molar-refractivity contribution in [2.24, 2.45) is 17.8 Å². The molecule has 24 heavy (non-hydrogen) atoms. The molecule has 2 atom stereocenters. The average Bonchev–Trinajstić information content (AvgIpc) is 2.52. The van der Waals surface area contributed by atoms with Gasteiger partial charge >= 0.3 is 5.97 Å². The minimum Gasteiger partial charge on any atom is -0.481 e. The second kappa shape index (κ2) is 7.83. The van der Waals surface area contributed by atoms with Crippen LogP contribution in [0.25, 0.3) is 0 Å². The minimum absolute atomic E-state index is 0.140. The van der Waals surface area contributed by atoms with E-state index in [-0.39, 0.29) is 23.4 Å². The molecule has 132 valence electrons. The molecule has 0 spiro atoms. The highest BCUT2D eigenvalue weighted by molar-refractivity contribution is 6.32. The van der Waals surface area contributed by atoms with E-state index in [1.807, 2.05) is 20.8 Å². The highest BCUT2D eigenvalue weighted by atomic mass is 35.5. The number of ether oxygens (including phenoxy) is 1. The fourth-order valence-corrected chi connectivity index (χ4v) is 2.99. The van der Waals surface area contributed by atoms with E-state index < -0.39 is 11.9 Å². The third-order valence-electron chi connectivity index (χ3n) is 3.90. The monoisotopic (exact) mass is 354 g/mol. The van der Waals surface area contributed by atoms with Crippen molar-refractivity contribution < 1.29 is 19.4 Å². The maximum atomic E-state index is 12.6. The number of pyridine rings is 1. The molecule has 0 radical (unpaired) electrons. The number of carbonyl (C=O) groups excluding carboxylic acids is 1. The van der Waals surface area contributed by atoms with Gasteiger partial charge in [0.15, 0.2) is 0 Å². The van der Waals surface area contributed by atoms with Gasteiger partial charge in [0.25, 0.3) is 5.91 Å². The Kier molecular flexibility index (Phi) is 6.04. The second-order valence-electron chi connectivity index (χ2n) is 6.80. The van der Waals surface area contributed by atoms with Crippen LogP contribution in [0.3, 0.4) is 0 Å². The first-order chi connectivity index (χ1) is 11.3. The van der Waals surface area contributed by atoms with Crippen molar-refractivity contribution in [2.45, 2.75) is 27.2 Å². The van der Waals surface area contributed by atoms with Gasteiger partial charge < -0.3 is 14.7 Å². The lowest BCUT2D eigenvalue weighted by atomic mass is 9.90. The predicted molar refractivity (Wildman–Crippen MR) is 90.4 cm³/mol. The maximum Gasteiger partial charge on any atom is 0.308 e. The van der Waals surface area contributed by atoms with Crippen LogP contribution in [0.2, 0.25) is 5.02 Å². The van der Waals surface area contributed by atoms with E-state index in [2.05, 4.69) is 4.98 Å². The molecule has 6 nitrogen and oxygen atoms in total. The highest BCUT2D eigenvalue weighted by Crippen LogP contribution is 2.26. The summed E-state index contributed by atoms with van der Waals surface area (Å²) in [6.07, 6.45) is 2.01. The van der Waals surface area contributed by atoms with E-state index in [1.54, 1.807) is 4.90 Å². The summed E-state index contributed by atoms with van der Waals surface area (Å²) in [6, 6.07) is 1.53. The van der Waals surface area contributed by atoms with Crippen molar-refractivity contribution in [1.82, 2.24) is 9.88 Å². The predicted octanol–water partition coefficient (Wildman–Crippen LogP) is 2.95. The lowest BCUT2D eigenvalue weighted by Crippen LogP contribution is -2.45. The summed E-state index contributed by atoms with van der Waals surface area (Å²) in [5, 5.41) is 9.50. The van der Waals surface area contributed by atoms with E-state index in [9.17, 15) is 14.7 Å². The SMILES string of the molecule is CC(C)COc1ncc(C(=O)N2CC(C)CC(C(=O)O)C2)cc1Cl. The molecular formula is C17H23ClN2O4. The molecule has 1 aromatic heterocycles. The van der Waals surface area contributed by atoms with Gasteiger partial charge in [-0.15, -0.1) is 0 Å². The fraction of sp³-hybridized carbons (Fsp3) is 0.588. The summed E-state index contributed by atoms with van der Waals surface area (Å²) in [6.45, 7) is 7.21. The average molecular weight is 355 g/mol.